The Balaban J connectivity index is 2.10. The topological polar surface area (TPSA) is 77.1 Å². The van der Waals surface area contributed by atoms with E-state index in [1.165, 1.54) is 10.6 Å². The van der Waals surface area contributed by atoms with Gasteiger partial charge >= 0.3 is 5.97 Å². The summed E-state index contributed by atoms with van der Waals surface area (Å²) in [7, 11) is 1.84. The van der Waals surface area contributed by atoms with Gasteiger partial charge in [-0.15, -0.1) is 0 Å². The second kappa shape index (κ2) is 4.90. The Morgan fingerprint density at radius 3 is 2.76 bits per heavy atom. The molecule has 106 valence electrons. The van der Waals surface area contributed by atoms with Crippen LogP contribution in [0, 0.1) is 0 Å². The van der Waals surface area contributed by atoms with E-state index in [0.717, 1.165) is 16.6 Å². The molecule has 0 unspecified atom stereocenters. The number of carboxylic acids is 1. The fraction of sp³-hybridized carbons (Fsp3) is 0.133. The molecule has 0 bridgehead atoms. The SMILES string of the molecule is Cn1nc(Cn2cccc(C(=O)O)c2=O)c2ccccc21. The minimum absolute atomic E-state index is 0.237. The molecule has 2 heterocycles. The molecule has 6 heteroatoms. The van der Waals surface area contributed by atoms with Gasteiger partial charge in [0.15, 0.2) is 0 Å². The molecule has 21 heavy (non-hydrogen) atoms. The summed E-state index contributed by atoms with van der Waals surface area (Å²) in [4.78, 5) is 23.1. The van der Waals surface area contributed by atoms with Gasteiger partial charge in [0.05, 0.1) is 17.8 Å². The van der Waals surface area contributed by atoms with E-state index in [1.807, 2.05) is 31.3 Å². The quantitative estimate of drug-likeness (QED) is 0.790. The Morgan fingerprint density at radius 1 is 1.24 bits per heavy atom. The molecular formula is C15H13N3O3. The monoisotopic (exact) mass is 283 g/mol. The van der Waals surface area contributed by atoms with E-state index in [4.69, 9.17) is 5.11 Å². The molecule has 3 rings (SSSR count). The third-order valence-electron chi connectivity index (χ3n) is 3.40. The number of aromatic nitrogens is 3. The van der Waals surface area contributed by atoms with E-state index >= 15 is 0 Å². The number of fused-ring (bicyclic) bond motifs is 1. The maximum Gasteiger partial charge on any atom is 0.341 e. The van der Waals surface area contributed by atoms with Crippen molar-refractivity contribution in [1.82, 2.24) is 14.3 Å². The number of nitrogens with zero attached hydrogens (tertiary/aromatic N) is 3. The fourth-order valence-corrected chi connectivity index (χ4v) is 2.39. The van der Waals surface area contributed by atoms with Crippen molar-refractivity contribution in [3.8, 4) is 0 Å². The Bertz CT molecular complexity index is 893. The predicted molar refractivity (Wildman–Crippen MR) is 77.5 cm³/mol. The highest BCUT2D eigenvalue weighted by Gasteiger charge is 2.13. The summed E-state index contributed by atoms with van der Waals surface area (Å²) in [5, 5.41) is 14.4. The van der Waals surface area contributed by atoms with Crippen LogP contribution in [-0.4, -0.2) is 25.4 Å². The number of carboxylic acid groups (broad SMARTS) is 1. The maximum atomic E-state index is 12.1. The van der Waals surface area contributed by atoms with Crippen LogP contribution in [0.15, 0.2) is 47.4 Å². The summed E-state index contributed by atoms with van der Waals surface area (Å²) in [5.74, 6) is -1.22. The van der Waals surface area contributed by atoms with Crippen LogP contribution in [0.4, 0.5) is 0 Å². The van der Waals surface area contributed by atoms with Crippen molar-refractivity contribution in [2.75, 3.05) is 0 Å². The van der Waals surface area contributed by atoms with E-state index in [0.29, 0.717) is 0 Å². The summed E-state index contributed by atoms with van der Waals surface area (Å²) in [5.41, 5.74) is 0.935. The van der Waals surface area contributed by atoms with Crippen molar-refractivity contribution >= 4 is 16.9 Å². The molecule has 2 aromatic heterocycles. The first-order valence-electron chi connectivity index (χ1n) is 6.41. The van der Waals surface area contributed by atoms with Crippen molar-refractivity contribution in [3.63, 3.8) is 0 Å². The third kappa shape index (κ3) is 2.20. The average Bonchev–Trinajstić information content (AvgIpc) is 2.78. The molecule has 0 spiro atoms. The zero-order valence-electron chi connectivity index (χ0n) is 11.4. The van der Waals surface area contributed by atoms with Crippen molar-refractivity contribution in [2.24, 2.45) is 7.05 Å². The molecule has 0 aliphatic rings. The van der Waals surface area contributed by atoms with Crippen LogP contribution in [-0.2, 0) is 13.6 Å². The van der Waals surface area contributed by atoms with Crippen LogP contribution < -0.4 is 5.56 Å². The maximum absolute atomic E-state index is 12.1. The van der Waals surface area contributed by atoms with Gasteiger partial charge in [0.25, 0.3) is 5.56 Å². The lowest BCUT2D eigenvalue weighted by Gasteiger charge is -2.04. The number of benzene rings is 1. The van der Waals surface area contributed by atoms with Crippen LogP contribution in [0.3, 0.4) is 0 Å². The van der Waals surface area contributed by atoms with Gasteiger partial charge in [0, 0.05) is 18.6 Å². The molecule has 0 saturated heterocycles. The smallest absolute Gasteiger partial charge is 0.341 e. The molecule has 1 aromatic carbocycles. The lowest BCUT2D eigenvalue weighted by molar-refractivity contribution is 0.0694. The Hall–Kier alpha value is -2.89. The van der Waals surface area contributed by atoms with Crippen molar-refractivity contribution in [1.29, 1.82) is 0 Å². The summed E-state index contributed by atoms with van der Waals surface area (Å²) in [6.07, 6.45) is 1.57. The molecular weight excluding hydrogens is 270 g/mol. The average molecular weight is 283 g/mol. The van der Waals surface area contributed by atoms with Gasteiger partial charge in [0.2, 0.25) is 0 Å². The highest BCUT2D eigenvalue weighted by atomic mass is 16.4. The molecule has 0 aliphatic heterocycles. The summed E-state index contributed by atoms with van der Waals surface area (Å²) < 4.78 is 3.11. The Kier molecular flexibility index (Phi) is 3.06. The minimum atomic E-state index is -1.22. The van der Waals surface area contributed by atoms with Gasteiger partial charge in [-0.1, -0.05) is 18.2 Å². The largest absolute Gasteiger partial charge is 0.477 e. The van der Waals surface area contributed by atoms with E-state index in [9.17, 15) is 9.59 Å². The van der Waals surface area contributed by atoms with Crippen LogP contribution >= 0.6 is 0 Å². The molecule has 0 aliphatic carbocycles. The van der Waals surface area contributed by atoms with E-state index in [-0.39, 0.29) is 12.1 Å². The molecule has 0 saturated carbocycles. The summed E-state index contributed by atoms with van der Waals surface area (Å²) in [6, 6.07) is 10.6. The highest BCUT2D eigenvalue weighted by Crippen LogP contribution is 2.17. The first-order chi connectivity index (χ1) is 10.1. The third-order valence-corrected chi connectivity index (χ3v) is 3.40. The van der Waals surface area contributed by atoms with Gasteiger partial charge < -0.3 is 9.67 Å². The van der Waals surface area contributed by atoms with Crippen LogP contribution in [0.1, 0.15) is 16.1 Å². The number of para-hydroxylation sites is 1. The molecule has 0 fully saturated rings. The molecule has 0 radical (unpaired) electrons. The number of aryl methyl sites for hydroxylation is 1. The van der Waals surface area contributed by atoms with Gasteiger partial charge in [-0.3, -0.25) is 9.48 Å². The van der Waals surface area contributed by atoms with Gasteiger partial charge in [-0.2, -0.15) is 5.10 Å². The lowest BCUT2D eigenvalue weighted by atomic mass is 10.2. The second-order valence-electron chi connectivity index (χ2n) is 4.75. The van der Waals surface area contributed by atoms with Gasteiger partial charge in [-0.25, -0.2) is 4.79 Å². The minimum Gasteiger partial charge on any atom is -0.477 e. The summed E-state index contributed by atoms with van der Waals surface area (Å²) >= 11 is 0. The number of hydrogen-bond donors (Lipinski definition) is 1. The van der Waals surface area contributed by atoms with Crippen molar-refractivity contribution in [3.05, 3.63) is 64.2 Å². The molecule has 1 N–H and O–H groups in total. The van der Waals surface area contributed by atoms with Crippen molar-refractivity contribution < 1.29 is 9.90 Å². The number of rotatable bonds is 3. The number of hydrogen-bond acceptors (Lipinski definition) is 3. The fourth-order valence-electron chi connectivity index (χ4n) is 2.39. The first-order valence-corrected chi connectivity index (χ1v) is 6.41. The Labute approximate surface area is 119 Å². The van der Waals surface area contributed by atoms with Crippen LogP contribution in [0.2, 0.25) is 0 Å². The van der Waals surface area contributed by atoms with E-state index in [2.05, 4.69) is 5.10 Å². The van der Waals surface area contributed by atoms with Gasteiger partial charge in [0.1, 0.15) is 5.56 Å². The number of pyridine rings is 1. The highest BCUT2D eigenvalue weighted by molar-refractivity contribution is 5.87. The molecule has 3 aromatic rings. The van der Waals surface area contributed by atoms with E-state index in [1.54, 1.807) is 16.9 Å². The zero-order chi connectivity index (χ0) is 15.0. The standard InChI is InChI=1S/C15H13N3O3/c1-17-13-7-3-2-5-10(13)12(16-17)9-18-8-4-6-11(14(18)19)15(20)21/h2-8H,9H2,1H3,(H,20,21). The number of carbonyl (C=O) groups is 1. The normalized spacial score (nSPS) is 10.9. The predicted octanol–water partition coefficient (Wildman–Crippen LogP) is 1.48. The number of aromatic carboxylic acids is 1. The van der Waals surface area contributed by atoms with Crippen LogP contribution in [0.25, 0.3) is 10.9 Å². The lowest BCUT2D eigenvalue weighted by Crippen LogP contribution is -2.26. The molecule has 0 amide bonds. The van der Waals surface area contributed by atoms with Gasteiger partial charge in [-0.05, 0) is 18.2 Å². The summed E-state index contributed by atoms with van der Waals surface area (Å²) in [6.45, 7) is 0.237. The van der Waals surface area contributed by atoms with Crippen molar-refractivity contribution in [2.45, 2.75) is 6.54 Å². The first kappa shape index (κ1) is 13.1. The Morgan fingerprint density at radius 2 is 2.00 bits per heavy atom. The molecule has 6 nitrogen and oxygen atoms in total. The zero-order valence-corrected chi connectivity index (χ0v) is 11.4. The molecule has 0 atom stereocenters. The van der Waals surface area contributed by atoms with E-state index < -0.39 is 11.5 Å². The van der Waals surface area contributed by atoms with Crippen LogP contribution in [0.5, 0.6) is 0 Å². The second-order valence-corrected chi connectivity index (χ2v) is 4.75.